The quantitative estimate of drug-likeness (QED) is 0.709. The summed E-state index contributed by atoms with van der Waals surface area (Å²) in [5.74, 6) is 0.733. The third-order valence-electron chi connectivity index (χ3n) is 6.21. The van der Waals surface area contributed by atoms with Crippen LogP contribution in [-0.2, 0) is 23.1 Å². The van der Waals surface area contributed by atoms with E-state index in [1.807, 2.05) is 62.1 Å². The van der Waals surface area contributed by atoms with Crippen LogP contribution in [0.1, 0.15) is 52.4 Å². The van der Waals surface area contributed by atoms with Gasteiger partial charge in [0.05, 0.1) is 18.8 Å². The molecule has 1 aliphatic heterocycles. The monoisotopic (exact) mass is 442 g/mol. The first-order valence-corrected chi connectivity index (χ1v) is 12.6. The molecule has 1 atom stereocenters. The molecule has 0 spiro atoms. The lowest BCUT2D eigenvalue weighted by Gasteiger charge is -2.27. The topological polar surface area (TPSA) is 66.9 Å². The molecule has 0 saturated heterocycles. The van der Waals surface area contributed by atoms with Gasteiger partial charge in [-0.1, -0.05) is 12.1 Å². The number of amides is 1. The van der Waals surface area contributed by atoms with Crippen molar-refractivity contribution in [1.29, 1.82) is 0 Å². The first-order valence-electron chi connectivity index (χ1n) is 10.7. The van der Waals surface area contributed by atoms with E-state index in [0.717, 1.165) is 40.8 Å². The van der Waals surface area contributed by atoms with Gasteiger partial charge in [-0.3, -0.25) is 4.79 Å². The average Bonchev–Trinajstić information content (AvgIpc) is 3.55. The summed E-state index contributed by atoms with van der Waals surface area (Å²) in [5, 5.41) is 0. The summed E-state index contributed by atoms with van der Waals surface area (Å²) in [4.78, 5) is 15.2. The average molecular weight is 443 g/mol. The molecule has 2 aromatic rings. The van der Waals surface area contributed by atoms with Gasteiger partial charge in [0, 0.05) is 23.7 Å². The Kier molecular flexibility index (Phi) is 5.83. The summed E-state index contributed by atoms with van der Waals surface area (Å²) < 4.78 is 32.0. The van der Waals surface area contributed by atoms with Crippen LogP contribution in [0.25, 0.3) is 0 Å². The van der Waals surface area contributed by atoms with Crippen molar-refractivity contribution in [3.63, 3.8) is 0 Å². The van der Waals surface area contributed by atoms with Gasteiger partial charge in [0.1, 0.15) is 12.4 Å². The van der Waals surface area contributed by atoms with Crippen LogP contribution in [0.5, 0.6) is 5.75 Å². The maximum absolute atomic E-state index is 13.3. The van der Waals surface area contributed by atoms with Crippen molar-refractivity contribution in [2.45, 2.75) is 58.8 Å². The minimum absolute atomic E-state index is 0.0202. The molecule has 0 aromatic heterocycles. The van der Waals surface area contributed by atoms with E-state index >= 15 is 0 Å². The fourth-order valence-electron chi connectivity index (χ4n) is 4.01. The number of ether oxygens (including phenoxy) is 1. The number of carbonyl (C=O) groups is 1. The smallest absolute Gasteiger partial charge is 0.254 e. The lowest BCUT2D eigenvalue weighted by Crippen LogP contribution is -2.39. The Labute approximate surface area is 184 Å². The summed E-state index contributed by atoms with van der Waals surface area (Å²) in [6, 6.07) is 11.6. The molecule has 1 saturated carbocycles. The number of benzene rings is 2. The first-order chi connectivity index (χ1) is 14.6. The van der Waals surface area contributed by atoms with Gasteiger partial charge in [-0.15, -0.1) is 0 Å². The van der Waals surface area contributed by atoms with Crippen LogP contribution in [-0.4, -0.2) is 48.5 Å². The van der Waals surface area contributed by atoms with Crippen LogP contribution in [0, 0.1) is 13.8 Å². The van der Waals surface area contributed by atoms with Crippen LogP contribution in [0.3, 0.4) is 0 Å². The molecule has 0 unspecified atom stereocenters. The van der Waals surface area contributed by atoms with Crippen LogP contribution >= 0.6 is 0 Å². The van der Waals surface area contributed by atoms with E-state index in [9.17, 15) is 13.2 Å². The Hall–Kier alpha value is -2.38. The highest BCUT2D eigenvalue weighted by atomic mass is 32.2. The predicted molar refractivity (Wildman–Crippen MR) is 121 cm³/mol. The number of aryl methyl sites for hydroxylation is 2. The van der Waals surface area contributed by atoms with Crippen molar-refractivity contribution < 1.29 is 17.9 Å². The van der Waals surface area contributed by atoms with Crippen LogP contribution in [0.2, 0.25) is 0 Å². The zero-order chi connectivity index (χ0) is 22.3. The Morgan fingerprint density at radius 1 is 1.13 bits per heavy atom. The molecule has 0 N–H and O–H groups in total. The molecule has 1 aliphatic carbocycles. The molecule has 7 heteroatoms. The Balaban J connectivity index is 1.60. The number of carbonyl (C=O) groups excluding carboxylic acids is 1. The van der Waals surface area contributed by atoms with E-state index in [4.69, 9.17) is 4.74 Å². The molecule has 31 heavy (non-hydrogen) atoms. The van der Waals surface area contributed by atoms with Crippen molar-refractivity contribution in [2.24, 2.45) is 0 Å². The van der Waals surface area contributed by atoms with Crippen molar-refractivity contribution in [1.82, 2.24) is 9.21 Å². The van der Waals surface area contributed by atoms with E-state index < -0.39 is 10.0 Å². The van der Waals surface area contributed by atoms with Gasteiger partial charge >= 0.3 is 0 Å². The minimum atomic E-state index is -3.27. The number of sulfonamides is 1. The second-order valence-corrected chi connectivity index (χ2v) is 10.8. The number of rotatable bonds is 5. The van der Waals surface area contributed by atoms with Gasteiger partial charge in [-0.05, 0) is 74.6 Å². The normalized spacial score (nSPS) is 19.0. The molecule has 1 heterocycles. The van der Waals surface area contributed by atoms with Crippen LogP contribution in [0.15, 0.2) is 36.4 Å². The number of fused-ring (bicyclic) bond motifs is 1. The van der Waals surface area contributed by atoms with Gasteiger partial charge < -0.3 is 9.64 Å². The molecule has 0 radical (unpaired) electrons. The zero-order valence-electron chi connectivity index (χ0n) is 18.6. The molecule has 2 aliphatic rings. The van der Waals surface area contributed by atoms with E-state index in [2.05, 4.69) is 0 Å². The maximum atomic E-state index is 13.3. The highest BCUT2D eigenvalue weighted by molar-refractivity contribution is 7.88. The first kappa shape index (κ1) is 21.8. The molecule has 4 rings (SSSR count). The maximum Gasteiger partial charge on any atom is 0.254 e. The third kappa shape index (κ3) is 4.77. The second kappa shape index (κ2) is 8.28. The fraction of sp³-hybridized carbons (Fsp3) is 0.458. The van der Waals surface area contributed by atoms with Gasteiger partial charge in [-0.2, -0.15) is 4.31 Å². The Morgan fingerprint density at radius 2 is 1.87 bits per heavy atom. The van der Waals surface area contributed by atoms with Crippen molar-refractivity contribution in [3.05, 3.63) is 64.2 Å². The zero-order valence-corrected chi connectivity index (χ0v) is 19.4. The SMILES string of the molecule is Cc1ccc(C(=O)N2Cc3cc(CN(C4CC4)S(C)(=O)=O)ccc3OC[C@@H]2C)cc1C. The van der Waals surface area contributed by atoms with Crippen LogP contribution in [0.4, 0.5) is 0 Å². The minimum Gasteiger partial charge on any atom is -0.491 e. The van der Waals surface area contributed by atoms with Crippen molar-refractivity contribution >= 4 is 15.9 Å². The van der Waals surface area contributed by atoms with Crippen LogP contribution < -0.4 is 4.74 Å². The Bertz CT molecular complexity index is 1110. The summed E-state index contributed by atoms with van der Waals surface area (Å²) in [5.41, 5.74) is 4.74. The van der Waals surface area contributed by atoms with Gasteiger partial charge in [0.25, 0.3) is 5.91 Å². The summed E-state index contributed by atoms with van der Waals surface area (Å²) >= 11 is 0. The van der Waals surface area contributed by atoms with E-state index in [-0.39, 0.29) is 18.0 Å². The molecule has 1 fully saturated rings. The number of nitrogens with zero attached hydrogens (tertiary/aromatic N) is 2. The predicted octanol–water partition coefficient (Wildman–Crippen LogP) is 3.65. The highest BCUT2D eigenvalue weighted by Crippen LogP contribution is 2.32. The molecule has 1 amide bonds. The molecule has 6 nitrogen and oxygen atoms in total. The van der Waals surface area contributed by atoms with Gasteiger partial charge in [0.15, 0.2) is 0 Å². The lowest BCUT2D eigenvalue weighted by atomic mass is 10.0. The van der Waals surface area contributed by atoms with E-state index in [1.54, 1.807) is 4.31 Å². The summed E-state index contributed by atoms with van der Waals surface area (Å²) in [6.45, 7) is 7.22. The molecular weight excluding hydrogens is 412 g/mol. The van der Waals surface area contributed by atoms with E-state index in [1.165, 1.54) is 6.26 Å². The van der Waals surface area contributed by atoms with Gasteiger partial charge in [0.2, 0.25) is 10.0 Å². The molecule has 2 aromatic carbocycles. The summed E-state index contributed by atoms with van der Waals surface area (Å²) in [6.07, 6.45) is 3.09. The molecule has 0 bridgehead atoms. The Morgan fingerprint density at radius 3 is 2.52 bits per heavy atom. The van der Waals surface area contributed by atoms with Gasteiger partial charge in [-0.25, -0.2) is 8.42 Å². The summed E-state index contributed by atoms with van der Waals surface area (Å²) in [7, 11) is -3.27. The highest BCUT2D eigenvalue weighted by Gasteiger charge is 2.35. The number of hydrogen-bond donors (Lipinski definition) is 0. The standard InChI is InChI=1S/C24H30N2O4S/c1-16-5-7-20(11-17(16)2)24(27)25-14-21-12-19(6-10-23(21)30-15-18(25)3)13-26(22-8-9-22)31(4,28)29/h5-7,10-12,18,22H,8-9,13-15H2,1-4H3/t18-/m0/s1. The van der Waals surface area contributed by atoms with E-state index in [0.29, 0.717) is 25.3 Å². The molecule has 166 valence electrons. The second-order valence-electron chi connectivity index (χ2n) is 8.87. The largest absolute Gasteiger partial charge is 0.491 e. The molecular formula is C24H30N2O4S. The van der Waals surface area contributed by atoms with Crippen molar-refractivity contribution in [3.8, 4) is 5.75 Å². The third-order valence-corrected chi connectivity index (χ3v) is 7.49. The van der Waals surface area contributed by atoms with Crippen molar-refractivity contribution in [2.75, 3.05) is 12.9 Å². The fourth-order valence-corrected chi connectivity index (χ4v) is 5.14. The number of hydrogen-bond acceptors (Lipinski definition) is 4. The lowest BCUT2D eigenvalue weighted by molar-refractivity contribution is 0.0645.